The van der Waals surface area contributed by atoms with Gasteiger partial charge in [-0.25, -0.2) is 0 Å². The average molecular weight is 224 g/mol. The van der Waals surface area contributed by atoms with E-state index in [1.807, 2.05) is 30.3 Å². The normalized spacial score (nSPS) is 16.5. The standard InChI is InChI=1S/C16H16O/c1-3-7-13(8-4-1)16(14-11-12-14)17-15-9-5-2-6-10-15/h1-10,14,16H,11-12H2. The van der Waals surface area contributed by atoms with Gasteiger partial charge in [-0.1, -0.05) is 48.5 Å². The third-order valence-electron chi connectivity index (χ3n) is 3.18. The molecule has 1 aliphatic carbocycles. The van der Waals surface area contributed by atoms with Crippen LogP contribution in [0, 0.1) is 5.92 Å². The molecule has 1 atom stereocenters. The van der Waals surface area contributed by atoms with E-state index in [9.17, 15) is 0 Å². The summed E-state index contributed by atoms with van der Waals surface area (Å²) in [6, 6.07) is 20.6. The van der Waals surface area contributed by atoms with Gasteiger partial charge in [-0.3, -0.25) is 0 Å². The summed E-state index contributed by atoms with van der Waals surface area (Å²) in [6.45, 7) is 0. The molecule has 0 radical (unpaired) electrons. The lowest BCUT2D eigenvalue weighted by Crippen LogP contribution is -2.09. The third-order valence-corrected chi connectivity index (χ3v) is 3.18. The van der Waals surface area contributed by atoms with Gasteiger partial charge in [0.1, 0.15) is 11.9 Å². The van der Waals surface area contributed by atoms with Crippen LogP contribution in [0.2, 0.25) is 0 Å². The Morgan fingerprint density at radius 3 is 2.00 bits per heavy atom. The van der Waals surface area contributed by atoms with Gasteiger partial charge in [-0.05, 0) is 30.5 Å². The molecule has 3 rings (SSSR count). The summed E-state index contributed by atoms with van der Waals surface area (Å²) in [4.78, 5) is 0. The molecular formula is C16H16O. The molecule has 1 nitrogen and oxygen atoms in total. The first kappa shape index (κ1) is 10.4. The first-order valence-electron chi connectivity index (χ1n) is 6.20. The molecule has 0 saturated heterocycles. The minimum absolute atomic E-state index is 0.221. The van der Waals surface area contributed by atoms with Gasteiger partial charge in [-0.15, -0.1) is 0 Å². The first-order valence-corrected chi connectivity index (χ1v) is 6.20. The number of hydrogen-bond donors (Lipinski definition) is 0. The zero-order valence-electron chi connectivity index (χ0n) is 9.75. The van der Waals surface area contributed by atoms with Crippen LogP contribution in [0.1, 0.15) is 24.5 Å². The summed E-state index contributed by atoms with van der Waals surface area (Å²) in [5, 5.41) is 0. The largest absolute Gasteiger partial charge is 0.485 e. The van der Waals surface area contributed by atoms with Crippen molar-refractivity contribution in [1.29, 1.82) is 0 Å². The number of para-hydroxylation sites is 1. The van der Waals surface area contributed by atoms with E-state index in [4.69, 9.17) is 4.74 Å². The molecule has 0 aliphatic heterocycles. The van der Waals surface area contributed by atoms with E-state index >= 15 is 0 Å². The topological polar surface area (TPSA) is 9.23 Å². The molecule has 0 N–H and O–H groups in total. The van der Waals surface area contributed by atoms with E-state index in [1.165, 1.54) is 18.4 Å². The van der Waals surface area contributed by atoms with Gasteiger partial charge < -0.3 is 4.74 Å². The molecule has 17 heavy (non-hydrogen) atoms. The highest BCUT2D eigenvalue weighted by molar-refractivity contribution is 5.25. The van der Waals surface area contributed by atoms with Crippen molar-refractivity contribution in [3.8, 4) is 5.75 Å². The highest BCUT2D eigenvalue weighted by Crippen LogP contribution is 2.43. The summed E-state index contributed by atoms with van der Waals surface area (Å²) >= 11 is 0. The van der Waals surface area contributed by atoms with Crippen LogP contribution in [-0.4, -0.2) is 0 Å². The van der Waals surface area contributed by atoms with Gasteiger partial charge in [0.15, 0.2) is 0 Å². The van der Waals surface area contributed by atoms with Crippen molar-refractivity contribution in [3.05, 3.63) is 66.2 Å². The summed E-state index contributed by atoms with van der Waals surface area (Å²) in [5.74, 6) is 1.66. The molecule has 0 bridgehead atoms. The fourth-order valence-corrected chi connectivity index (χ4v) is 2.12. The van der Waals surface area contributed by atoms with Crippen molar-refractivity contribution in [3.63, 3.8) is 0 Å². The predicted octanol–water partition coefficient (Wildman–Crippen LogP) is 4.22. The molecule has 1 fully saturated rings. The lowest BCUT2D eigenvalue weighted by atomic mass is 10.1. The second kappa shape index (κ2) is 4.62. The summed E-state index contributed by atoms with van der Waals surface area (Å²) in [7, 11) is 0. The third kappa shape index (κ3) is 2.50. The van der Waals surface area contributed by atoms with Crippen LogP contribution in [0.4, 0.5) is 0 Å². The second-order valence-corrected chi connectivity index (χ2v) is 4.60. The van der Waals surface area contributed by atoms with Crippen LogP contribution in [0.5, 0.6) is 5.75 Å². The minimum atomic E-state index is 0.221. The van der Waals surface area contributed by atoms with E-state index < -0.39 is 0 Å². The van der Waals surface area contributed by atoms with Gasteiger partial charge in [0.05, 0.1) is 0 Å². The Bertz CT molecular complexity index is 459. The van der Waals surface area contributed by atoms with Gasteiger partial charge in [0, 0.05) is 5.92 Å². The van der Waals surface area contributed by atoms with Crippen LogP contribution in [0.25, 0.3) is 0 Å². The lowest BCUT2D eigenvalue weighted by molar-refractivity contribution is 0.181. The molecule has 1 aliphatic rings. The maximum atomic E-state index is 6.12. The smallest absolute Gasteiger partial charge is 0.127 e. The van der Waals surface area contributed by atoms with Crippen LogP contribution in [0.3, 0.4) is 0 Å². The number of hydrogen-bond acceptors (Lipinski definition) is 1. The van der Waals surface area contributed by atoms with E-state index in [2.05, 4.69) is 30.3 Å². The Morgan fingerprint density at radius 2 is 1.41 bits per heavy atom. The Labute approximate surface area is 102 Å². The Kier molecular flexibility index (Phi) is 2.83. The Balaban J connectivity index is 1.82. The zero-order valence-corrected chi connectivity index (χ0v) is 9.75. The lowest BCUT2D eigenvalue weighted by Gasteiger charge is -2.19. The molecule has 86 valence electrons. The van der Waals surface area contributed by atoms with Crippen molar-refractivity contribution in [2.45, 2.75) is 18.9 Å². The van der Waals surface area contributed by atoms with Crippen LogP contribution < -0.4 is 4.74 Å². The van der Waals surface area contributed by atoms with Crippen molar-refractivity contribution in [2.75, 3.05) is 0 Å². The van der Waals surface area contributed by atoms with E-state index in [0.717, 1.165) is 5.75 Å². The fourth-order valence-electron chi connectivity index (χ4n) is 2.12. The first-order chi connectivity index (χ1) is 8.43. The van der Waals surface area contributed by atoms with Crippen LogP contribution in [0.15, 0.2) is 60.7 Å². The van der Waals surface area contributed by atoms with Gasteiger partial charge >= 0.3 is 0 Å². The van der Waals surface area contributed by atoms with E-state index in [0.29, 0.717) is 5.92 Å². The maximum absolute atomic E-state index is 6.12. The molecular weight excluding hydrogens is 208 g/mol. The van der Waals surface area contributed by atoms with Crippen molar-refractivity contribution >= 4 is 0 Å². The average Bonchev–Trinajstić information content (AvgIpc) is 3.23. The monoisotopic (exact) mass is 224 g/mol. The fraction of sp³-hybridized carbons (Fsp3) is 0.250. The highest BCUT2D eigenvalue weighted by atomic mass is 16.5. The molecule has 1 saturated carbocycles. The summed E-state index contributed by atoms with van der Waals surface area (Å²) < 4.78 is 6.12. The molecule has 0 aromatic heterocycles. The van der Waals surface area contributed by atoms with Crippen molar-refractivity contribution < 1.29 is 4.74 Å². The van der Waals surface area contributed by atoms with Crippen molar-refractivity contribution in [1.82, 2.24) is 0 Å². The second-order valence-electron chi connectivity index (χ2n) is 4.60. The quantitative estimate of drug-likeness (QED) is 0.755. The highest BCUT2D eigenvalue weighted by Gasteiger charge is 2.33. The van der Waals surface area contributed by atoms with Gasteiger partial charge in [0.2, 0.25) is 0 Å². The number of benzene rings is 2. The molecule has 0 spiro atoms. The van der Waals surface area contributed by atoms with Crippen LogP contribution >= 0.6 is 0 Å². The zero-order chi connectivity index (χ0) is 11.5. The molecule has 1 unspecified atom stereocenters. The van der Waals surface area contributed by atoms with Gasteiger partial charge in [0.25, 0.3) is 0 Å². The van der Waals surface area contributed by atoms with Crippen molar-refractivity contribution in [2.24, 2.45) is 5.92 Å². The molecule has 0 heterocycles. The van der Waals surface area contributed by atoms with Gasteiger partial charge in [-0.2, -0.15) is 0 Å². The molecule has 0 amide bonds. The molecule has 2 aromatic carbocycles. The Morgan fingerprint density at radius 1 is 0.824 bits per heavy atom. The summed E-state index contributed by atoms with van der Waals surface area (Å²) in [5.41, 5.74) is 1.29. The number of rotatable bonds is 4. The summed E-state index contributed by atoms with van der Waals surface area (Å²) in [6.07, 6.45) is 2.79. The van der Waals surface area contributed by atoms with E-state index in [-0.39, 0.29) is 6.10 Å². The number of ether oxygens (including phenoxy) is 1. The SMILES string of the molecule is c1ccc(OC(c2ccccc2)C2CC2)cc1. The Hall–Kier alpha value is -1.76. The molecule has 1 heteroatoms. The predicted molar refractivity (Wildman–Crippen MR) is 69.0 cm³/mol. The maximum Gasteiger partial charge on any atom is 0.127 e. The molecule has 2 aromatic rings. The van der Waals surface area contributed by atoms with E-state index in [1.54, 1.807) is 0 Å². The minimum Gasteiger partial charge on any atom is -0.485 e. The van der Waals surface area contributed by atoms with Crippen LogP contribution in [-0.2, 0) is 0 Å².